The Labute approximate surface area is 210 Å². The minimum absolute atomic E-state index is 0.227. The zero-order valence-electron chi connectivity index (χ0n) is 23.3. The van der Waals surface area contributed by atoms with Gasteiger partial charge in [0.2, 0.25) is 0 Å². The third-order valence-corrected chi connectivity index (χ3v) is 9.63. The van der Waals surface area contributed by atoms with E-state index in [0.717, 1.165) is 38.5 Å². The molecular formula is C24H54Al2O6. The van der Waals surface area contributed by atoms with Gasteiger partial charge in [-0.05, 0) is 80.1 Å². The van der Waals surface area contributed by atoms with Crippen molar-refractivity contribution in [3.8, 4) is 0 Å². The average molecular weight is 493 g/mol. The topological polar surface area (TPSA) is 55.4 Å². The molecule has 0 aliphatic carbocycles. The highest BCUT2D eigenvalue weighted by Crippen LogP contribution is 2.11. The van der Waals surface area contributed by atoms with Crippen molar-refractivity contribution in [1.82, 2.24) is 0 Å². The molecule has 0 aromatic heterocycles. The van der Waals surface area contributed by atoms with Crippen LogP contribution in [-0.2, 0) is 22.7 Å². The zero-order valence-corrected chi connectivity index (χ0v) is 25.6. The number of rotatable bonds is 18. The molecule has 0 saturated carbocycles. The largest absolute Gasteiger partial charge is 0.906 e. The first-order valence-electron chi connectivity index (χ1n) is 13.0. The molecule has 0 fully saturated rings. The van der Waals surface area contributed by atoms with E-state index in [4.69, 9.17) is 22.7 Å². The van der Waals surface area contributed by atoms with E-state index < -0.39 is 30.3 Å². The fourth-order valence-corrected chi connectivity index (χ4v) is 5.72. The van der Waals surface area contributed by atoms with Crippen molar-refractivity contribution in [3.05, 3.63) is 0 Å². The summed E-state index contributed by atoms with van der Waals surface area (Å²) in [5.41, 5.74) is 0. The van der Waals surface area contributed by atoms with Gasteiger partial charge in [0.15, 0.2) is 0 Å². The highest BCUT2D eigenvalue weighted by atomic mass is 27.3. The van der Waals surface area contributed by atoms with Gasteiger partial charge >= 0.3 is 30.3 Å². The summed E-state index contributed by atoms with van der Waals surface area (Å²) in [6.45, 7) is 25.1. The number of hydrogen-bond donors (Lipinski definition) is 0. The van der Waals surface area contributed by atoms with Gasteiger partial charge in [-0.1, -0.05) is 41.5 Å². The van der Waals surface area contributed by atoms with E-state index in [1.165, 1.54) is 0 Å². The second kappa shape index (κ2) is 22.3. The highest BCUT2D eigenvalue weighted by molar-refractivity contribution is 6.36. The molecule has 0 aromatic carbocycles. The van der Waals surface area contributed by atoms with E-state index in [1.807, 2.05) is 0 Å². The summed E-state index contributed by atoms with van der Waals surface area (Å²) in [4.78, 5) is 0. The van der Waals surface area contributed by atoms with Gasteiger partial charge < -0.3 is 22.7 Å². The summed E-state index contributed by atoms with van der Waals surface area (Å²) < 4.78 is 35.0. The van der Waals surface area contributed by atoms with Crippen molar-refractivity contribution in [2.75, 3.05) is 0 Å². The van der Waals surface area contributed by atoms with E-state index in [9.17, 15) is 0 Å². The predicted octanol–water partition coefficient (Wildman–Crippen LogP) is 6.83. The van der Waals surface area contributed by atoms with Gasteiger partial charge in [0.05, 0.1) is 0 Å². The molecule has 0 aliphatic rings. The molecular weight excluding hydrogens is 438 g/mol. The van der Waals surface area contributed by atoms with Gasteiger partial charge in [-0.15, -0.1) is 0 Å². The Hall–Kier alpha value is 0.825. The monoisotopic (exact) mass is 492 g/mol. The SMILES string of the molecule is CCC(C)[O][Al]([O]C(C)CC)[O]C(C)CC.CCC(C)[O][Al]([O]C(C)CC)[O]C(C)CC. The van der Waals surface area contributed by atoms with Crippen molar-refractivity contribution in [2.24, 2.45) is 0 Å². The van der Waals surface area contributed by atoms with E-state index in [0.29, 0.717) is 0 Å². The third-order valence-electron chi connectivity index (χ3n) is 5.51. The van der Waals surface area contributed by atoms with Crippen LogP contribution in [0.2, 0.25) is 0 Å². The Balaban J connectivity index is 0. The molecule has 6 atom stereocenters. The molecule has 8 heteroatoms. The minimum Gasteiger partial charge on any atom is -0.452 e. The molecule has 0 radical (unpaired) electrons. The molecule has 0 aliphatic heterocycles. The second-order valence-electron chi connectivity index (χ2n) is 8.71. The van der Waals surface area contributed by atoms with Crippen LogP contribution < -0.4 is 0 Å². The van der Waals surface area contributed by atoms with E-state index in [-0.39, 0.29) is 36.6 Å². The van der Waals surface area contributed by atoms with Crippen LogP contribution in [0.25, 0.3) is 0 Å². The molecule has 6 unspecified atom stereocenters. The molecule has 0 N–H and O–H groups in total. The Morgan fingerprint density at radius 3 is 0.562 bits per heavy atom. The normalized spacial score (nSPS) is 16.9. The van der Waals surface area contributed by atoms with Gasteiger partial charge in [-0.2, -0.15) is 0 Å². The molecule has 0 aromatic rings. The Morgan fingerprint density at radius 2 is 0.469 bits per heavy atom. The first-order chi connectivity index (χ1) is 15.1. The second-order valence-corrected chi connectivity index (χ2v) is 11.5. The summed E-state index contributed by atoms with van der Waals surface area (Å²) in [7, 11) is 0. The quantitative estimate of drug-likeness (QED) is 0.195. The standard InChI is InChI=1S/6C4H9O.2Al/c6*1-3-4(2)5;;/h6*4H,3H2,1-2H3;;/q6*-1;2*+3. The van der Waals surface area contributed by atoms with Gasteiger partial charge in [-0.25, -0.2) is 0 Å². The van der Waals surface area contributed by atoms with Crippen molar-refractivity contribution in [2.45, 2.75) is 158 Å². The van der Waals surface area contributed by atoms with Crippen LogP contribution in [-0.4, -0.2) is 66.9 Å². The smallest absolute Gasteiger partial charge is 0.452 e. The van der Waals surface area contributed by atoms with Crippen LogP contribution in [0.5, 0.6) is 0 Å². The molecule has 0 amide bonds. The molecule has 32 heavy (non-hydrogen) atoms. The molecule has 0 saturated heterocycles. The fraction of sp³-hybridized carbons (Fsp3) is 1.00. The van der Waals surface area contributed by atoms with Gasteiger partial charge in [0.25, 0.3) is 0 Å². The van der Waals surface area contributed by atoms with E-state index in [1.54, 1.807) is 0 Å². The van der Waals surface area contributed by atoms with Crippen molar-refractivity contribution in [3.63, 3.8) is 0 Å². The lowest BCUT2D eigenvalue weighted by atomic mass is 10.3. The Bertz CT molecular complexity index is 312. The molecule has 0 bridgehead atoms. The maximum atomic E-state index is 5.84. The fourth-order valence-electron chi connectivity index (χ4n) is 1.91. The van der Waals surface area contributed by atoms with Crippen LogP contribution >= 0.6 is 0 Å². The maximum Gasteiger partial charge on any atom is 0.906 e. The molecule has 0 heterocycles. The first kappa shape index (κ1) is 35.0. The highest BCUT2D eigenvalue weighted by Gasteiger charge is 2.36. The summed E-state index contributed by atoms with van der Waals surface area (Å²) >= 11 is -3.92. The Morgan fingerprint density at radius 1 is 0.344 bits per heavy atom. The van der Waals surface area contributed by atoms with E-state index >= 15 is 0 Å². The minimum atomic E-state index is -1.96. The maximum absolute atomic E-state index is 5.84. The number of hydrogen-bond acceptors (Lipinski definition) is 6. The van der Waals surface area contributed by atoms with Crippen molar-refractivity contribution in [1.29, 1.82) is 0 Å². The van der Waals surface area contributed by atoms with Crippen molar-refractivity contribution >= 4 is 30.3 Å². The lowest BCUT2D eigenvalue weighted by molar-refractivity contribution is 0.0173. The van der Waals surface area contributed by atoms with Crippen molar-refractivity contribution < 1.29 is 22.7 Å². The van der Waals surface area contributed by atoms with Crippen LogP contribution in [0.4, 0.5) is 0 Å². The van der Waals surface area contributed by atoms with Gasteiger partial charge in [0.1, 0.15) is 0 Å². The zero-order chi connectivity index (χ0) is 25.1. The van der Waals surface area contributed by atoms with E-state index in [2.05, 4.69) is 83.1 Å². The average Bonchev–Trinajstić information content (AvgIpc) is 2.78. The summed E-state index contributed by atoms with van der Waals surface area (Å²) in [5.74, 6) is 0. The van der Waals surface area contributed by atoms with Crippen LogP contribution in [0, 0.1) is 0 Å². The lowest BCUT2D eigenvalue weighted by Gasteiger charge is -2.23. The van der Waals surface area contributed by atoms with Crippen LogP contribution in [0.3, 0.4) is 0 Å². The lowest BCUT2D eigenvalue weighted by Crippen LogP contribution is -2.36. The van der Waals surface area contributed by atoms with Gasteiger partial charge in [0, 0.05) is 36.6 Å². The third kappa shape index (κ3) is 20.2. The Kier molecular flexibility index (Phi) is 24.4. The first-order valence-corrected chi connectivity index (χ1v) is 15.8. The molecule has 192 valence electrons. The molecule has 6 nitrogen and oxygen atoms in total. The molecule has 0 rings (SSSR count). The summed E-state index contributed by atoms with van der Waals surface area (Å²) in [6.07, 6.45) is 7.34. The molecule has 0 spiro atoms. The predicted molar refractivity (Wildman–Crippen MR) is 137 cm³/mol. The van der Waals surface area contributed by atoms with Crippen LogP contribution in [0.15, 0.2) is 0 Å². The van der Waals surface area contributed by atoms with Gasteiger partial charge in [-0.3, -0.25) is 0 Å². The van der Waals surface area contributed by atoms with Crippen LogP contribution in [0.1, 0.15) is 122 Å². The summed E-state index contributed by atoms with van der Waals surface area (Å²) in [6, 6.07) is 0. The summed E-state index contributed by atoms with van der Waals surface area (Å²) in [5, 5.41) is 0.